The molecule has 1 aromatic carbocycles. The summed E-state index contributed by atoms with van der Waals surface area (Å²) in [5.41, 5.74) is 3.29. The number of carbonyl (C=O) groups excluding carboxylic acids is 2. The largest absolute Gasteiger partial charge is 0.497 e. The monoisotopic (exact) mass is 413 g/mol. The third-order valence-electron chi connectivity index (χ3n) is 5.65. The van der Waals surface area contributed by atoms with Crippen LogP contribution >= 0.6 is 0 Å². The Hall–Kier alpha value is -2.76. The number of Topliss-reactive ketones (excluding diaryl/α,β-unsaturated/α-hetero) is 1. The van der Waals surface area contributed by atoms with E-state index in [0.29, 0.717) is 41.4 Å². The van der Waals surface area contributed by atoms with Crippen molar-refractivity contribution in [2.24, 2.45) is 5.41 Å². The smallest absolute Gasteiger partial charge is 0.336 e. The summed E-state index contributed by atoms with van der Waals surface area (Å²) in [5.74, 6) is 0.304. The molecule has 2 aliphatic rings. The molecule has 0 amide bonds. The zero-order valence-corrected chi connectivity index (χ0v) is 18.7. The predicted octanol–water partition coefficient (Wildman–Crippen LogP) is 4.26. The summed E-state index contributed by atoms with van der Waals surface area (Å²) in [6.45, 7) is 8.31. The van der Waals surface area contributed by atoms with Crippen molar-refractivity contribution < 1.29 is 23.8 Å². The molecule has 30 heavy (non-hydrogen) atoms. The SMILES string of the molecule is CCCOC(=O)C1=C(C)NC2=C(C(=O)CC(C)(C)C2)[C@@H]1c1ccc(OC)cc1OC. The standard InChI is InChI=1S/C24H31NO5/c1-7-10-30-23(27)20-14(2)25-17-12-24(3,4)13-18(26)22(17)21(20)16-9-8-15(28-5)11-19(16)29-6/h8-9,11,21,25H,7,10,12-13H2,1-6H3/t21-/m1/s1. The third kappa shape index (κ3) is 4.09. The molecule has 6 heteroatoms. The summed E-state index contributed by atoms with van der Waals surface area (Å²) < 4.78 is 16.5. The number of hydrogen-bond donors (Lipinski definition) is 1. The first-order valence-electron chi connectivity index (χ1n) is 10.4. The minimum atomic E-state index is -0.546. The number of ketones is 1. The van der Waals surface area contributed by atoms with Gasteiger partial charge < -0.3 is 19.5 Å². The Morgan fingerprint density at radius 2 is 1.93 bits per heavy atom. The summed E-state index contributed by atoms with van der Waals surface area (Å²) in [5, 5.41) is 3.34. The third-order valence-corrected chi connectivity index (χ3v) is 5.65. The Morgan fingerprint density at radius 1 is 1.20 bits per heavy atom. The average molecular weight is 414 g/mol. The summed E-state index contributed by atoms with van der Waals surface area (Å²) in [7, 11) is 3.16. The average Bonchev–Trinajstić information content (AvgIpc) is 2.69. The van der Waals surface area contributed by atoms with E-state index in [-0.39, 0.29) is 11.2 Å². The number of nitrogens with one attached hydrogen (secondary N) is 1. The molecule has 0 saturated heterocycles. The molecule has 0 aromatic heterocycles. The lowest BCUT2D eigenvalue weighted by atomic mass is 9.68. The molecule has 1 aliphatic heterocycles. The molecular formula is C24H31NO5. The van der Waals surface area contributed by atoms with Crippen molar-refractivity contribution in [1.82, 2.24) is 5.32 Å². The van der Waals surface area contributed by atoms with Crippen LogP contribution in [0.2, 0.25) is 0 Å². The molecule has 6 nitrogen and oxygen atoms in total. The second-order valence-electron chi connectivity index (χ2n) is 8.67. The highest BCUT2D eigenvalue weighted by molar-refractivity contribution is 6.04. The van der Waals surface area contributed by atoms with Crippen molar-refractivity contribution in [2.45, 2.75) is 52.9 Å². The van der Waals surface area contributed by atoms with Crippen LogP contribution in [-0.4, -0.2) is 32.6 Å². The van der Waals surface area contributed by atoms with E-state index in [1.165, 1.54) is 0 Å². The zero-order chi connectivity index (χ0) is 22.1. The number of carbonyl (C=O) groups is 2. The van der Waals surface area contributed by atoms with Gasteiger partial charge in [-0.1, -0.05) is 26.8 Å². The van der Waals surface area contributed by atoms with E-state index in [4.69, 9.17) is 14.2 Å². The lowest BCUT2D eigenvalue weighted by Crippen LogP contribution is -2.38. The molecule has 1 aliphatic carbocycles. The Morgan fingerprint density at radius 3 is 2.57 bits per heavy atom. The van der Waals surface area contributed by atoms with Gasteiger partial charge in [-0.05, 0) is 31.2 Å². The normalized spacial score (nSPS) is 20.5. The number of methoxy groups -OCH3 is 2. The van der Waals surface area contributed by atoms with E-state index in [0.717, 1.165) is 24.1 Å². The lowest BCUT2D eigenvalue weighted by molar-refractivity contribution is -0.139. The van der Waals surface area contributed by atoms with Crippen molar-refractivity contribution >= 4 is 11.8 Å². The van der Waals surface area contributed by atoms with Crippen LogP contribution in [0.3, 0.4) is 0 Å². The van der Waals surface area contributed by atoms with Crippen LogP contribution in [0.4, 0.5) is 0 Å². The van der Waals surface area contributed by atoms with Gasteiger partial charge in [0.05, 0.1) is 32.3 Å². The van der Waals surface area contributed by atoms with Crippen molar-refractivity contribution in [3.63, 3.8) is 0 Å². The first-order valence-corrected chi connectivity index (χ1v) is 10.4. The molecule has 0 saturated carbocycles. The van der Waals surface area contributed by atoms with Crippen LogP contribution in [0.25, 0.3) is 0 Å². The van der Waals surface area contributed by atoms with E-state index < -0.39 is 11.9 Å². The molecule has 0 unspecified atom stereocenters. The van der Waals surface area contributed by atoms with Gasteiger partial charge >= 0.3 is 5.97 Å². The van der Waals surface area contributed by atoms with Crippen LogP contribution in [-0.2, 0) is 14.3 Å². The van der Waals surface area contributed by atoms with Gasteiger partial charge in [-0.2, -0.15) is 0 Å². The minimum Gasteiger partial charge on any atom is -0.497 e. The molecule has 162 valence electrons. The second-order valence-corrected chi connectivity index (χ2v) is 8.67. The van der Waals surface area contributed by atoms with Gasteiger partial charge in [0.2, 0.25) is 0 Å². The fourth-order valence-corrected chi connectivity index (χ4v) is 4.35. The molecular weight excluding hydrogens is 382 g/mol. The summed E-state index contributed by atoms with van der Waals surface area (Å²) in [6.07, 6.45) is 1.89. The number of ether oxygens (including phenoxy) is 3. The van der Waals surface area contributed by atoms with Gasteiger partial charge in [-0.3, -0.25) is 4.79 Å². The Labute approximate surface area is 178 Å². The highest BCUT2D eigenvalue weighted by Crippen LogP contribution is 2.49. The van der Waals surface area contributed by atoms with Crippen LogP contribution in [0.15, 0.2) is 40.7 Å². The number of esters is 1. The maximum absolute atomic E-state index is 13.3. The predicted molar refractivity (Wildman–Crippen MR) is 114 cm³/mol. The second kappa shape index (κ2) is 8.54. The van der Waals surface area contributed by atoms with Crippen LogP contribution < -0.4 is 14.8 Å². The van der Waals surface area contributed by atoms with E-state index in [9.17, 15) is 9.59 Å². The number of dihydropyridines is 1. The quantitative estimate of drug-likeness (QED) is 0.703. The first kappa shape index (κ1) is 21.9. The van der Waals surface area contributed by atoms with Gasteiger partial charge in [0, 0.05) is 35.0 Å². The molecule has 0 fully saturated rings. The number of benzene rings is 1. The number of rotatable bonds is 6. The highest BCUT2D eigenvalue weighted by atomic mass is 16.5. The van der Waals surface area contributed by atoms with E-state index in [2.05, 4.69) is 19.2 Å². The summed E-state index contributed by atoms with van der Waals surface area (Å²) >= 11 is 0. The van der Waals surface area contributed by atoms with E-state index >= 15 is 0 Å². The number of hydrogen-bond acceptors (Lipinski definition) is 6. The molecule has 1 atom stereocenters. The Kier molecular flexibility index (Phi) is 6.25. The van der Waals surface area contributed by atoms with Gasteiger partial charge in [-0.15, -0.1) is 0 Å². The van der Waals surface area contributed by atoms with Crippen molar-refractivity contribution in [3.05, 3.63) is 46.3 Å². The topological polar surface area (TPSA) is 73.9 Å². The van der Waals surface area contributed by atoms with Crippen molar-refractivity contribution in [2.75, 3.05) is 20.8 Å². The highest BCUT2D eigenvalue weighted by Gasteiger charge is 2.44. The fourth-order valence-electron chi connectivity index (χ4n) is 4.35. The maximum atomic E-state index is 13.3. The zero-order valence-electron chi connectivity index (χ0n) is 18.7. The summed E-state index contributed by atoms with van der Waals surface area (Å²) in [4.78, 5) is 26.4. The molecule has 1 heterocycles. The molecule has 1 N–H and O–H groups in total. The molecule has 3 rings (SSSR count). The minimum absolute atomic E-state index is 0.0462. The fraction of sp³-hybridized carbons (Fsp3) is 0.500. The van der Waals surface area contributed by atoms with Gasteiger partial charge in [0.25, 0.3) is 0 Å². The number of allylic oxidation sites excluding steroid dienone is 3. The Balaban J connectivity index is 2.20. The maximum Gasteiger partial charge on any atom is 0.336 e. The van der Waals surface area contributed by atoms with Crippen molar-refractivity contribution in [3.8, 4) is 11.5 Å². The molecule has 1 aromatic rings. The van der Waals surface area contributed by atoms with Gasteiger partial charge in [-0.25, -0.2) is 4.79 Å². The summed E-state index contributed by atoms with van der Waals surface area (Å²) in [6, 6.07) is 5.46. The van der Waals surface area contributed by atoms with E-state index in [1.807, 2.05) is 26.0 Å². The van der Waals surface area contributed by atoms with Crippen LogP contribution in [0.1, 0.15) is 58.4 Å². The van der Waals surface area contributed by atoms with Crippen molar-refractivity contribution in [1.29, 1.82) is 0 Å². The van der Waals surface area contributed by atoms with Gasteiger partial charge in [0.15, 0.2) is 5.78 Å². The van der Waals surface area contributed by atoms with E-state index in [1.54, 1.807) is 20.3 Å². The lowest BCUT2D eigenvalue weighted by Gasteiger charge is -2.39. The van der Waals surface area contributed by atoms with Gasteiger partial charge in [0.1, 0.15) is 11.5 Å². The van der Waals surface area contributed by atoms with Crippen LogP contribution in [0.5, 0.6) is 11.5 Å². The first-order chi connectivity index (χ1) is 14.2. The molecule has 0 radical (unpaired) electrons. The molecule has 0 bridgehead atoms. The Bertz CT molecular complexity index is 926. The van der Waals surface area contributed by atoms with Crippen LogP contribution in [0, 0.1) is 5.41 Å². The molecule has 0 spiro atoms.